The molecule has 0 saturated heterocycles. The third-order valence-electron chi connectivity index (χ3n) is 1.38. The molecule has 0 aromatic carbocycles. The van der Waals surface area contributed by atoms with Crippen LogP contribution < -0.4 is 4.74 Å². The highest BCUT2D eigenvalue weighted by Crippen LogP contribution is 2.37. The SMILES string of the molecule is CCOc1ncc(Cl)c(SC)c1Cl. The van der Waals surface area contributed by atoms with Gasteiger partial charge in [-0.05, 0) is 13.2 Å². The highest BCUT2D eigenvalue weighted by Gasteiger charge is 2.11. The van der Waals surface area contributed by atoms with Gasteiger partial charge in [-0.25, -0.2) is 4.98 Å². The van der Waals surface area contributed by atoms with Crippen LogP contribution in [0.3, 0.4) is 0 Å². The third kappa shape index (κ3) is 2.42. The Kier molecular flexibility index (Phi) is 4.16. The van der Waals surface area contributed by atoms with Crippen molar-refractivity contribution in [2.45, 2.75) is 11.8 Å². The minimum Gasteiger partial charge on any atom is -0.477 e. The van der Waals surface area contributed by atoms with Crippen molar-refractivity contribution in [2.75, 3.05) is 12.9 Å². The van der Waals surface area contributed by atoms with Crippen molar-refractivity contribution in [2.24, 2.45) is 0 Å². The Bertz CT molecular complexity index is 306. The Morgan fingerprint density at radius 3 is 2.77 bits per heavy atom. The highest BCUT2D eigenvalue weighted by molar-refractivity contribution is 7.98. The molecule has 0 aliphatic carbocycles. The van der Waals surface area contributed by atoms with Crippen LogP contribution in [0.15, 0.2) is 11.1 Å². The topological polar surface area (TPSA) is 22.1 Å². The van der Waals surface area contributed by atoms with Gasteiger partial charge in [0.25, 0.3) is 0 Å². The Morgan fingerprint density at radius 1 is 1.54 bits per heavy atom. The fourth-order valence-corrected chi connectivity index (χ4v) is 2.23. The fraction of sp³-hybridized carbons (Fsp3) is 0.375. The van der Waals surface area contributed by atoms with Gasteiger partial charge >= 0.3 is 0 Å². The highest BCUT2D eigenvalue weighted by atomic mass is 35.5. The number of pyridine rings is 1. The second-order valence-electron chi connectivity index (χ2n) is 2.19. The number of hydrogen-bond acceptors (Lipinski definition) is 3. The van der Waals surface area contributed by atoms with E-state index in [2.05, 4.69) is 4.98 Å². The van der Waals surface area contributed by atoms with Crippen LogP contribution in [0.2, 0.25) is 10.0 Å². The molecular weight excluding hydrogens is 229 g/mol. The van der Waals surface area contributed by atoms with Crippen LogP contribution in [0, 0.1) is 0 Å². The molecule has 72 valence electrons. The van der Waals surface area contributed by atoms with E-state index in [0.717, 1.165) is 4.90 Å². The molecule has 0 spiro atoms. The Morgan fingerprint density at radius 2 is 2.23 bits per heavy atom. The van der Waals surface area contributed by atoms with Crippen LogP contribution in [-0.4, -0.2) is 17.8 Å². The van der Waals surface area contributed by atoms with Gasteiger partial charge in [-0.2, -0.15) is 0 Å². The fourth-order valence-electron chi connectivity index (χ4n) is 0.857. The standard InChI is InChI=1S/C8H9Cl2NOS/c1-3-12-8-6(10)7(13-2)5(9)4-11-8/h4H,3H2,1-2H3. The number of rotatable bonds is 3. The Hall–Kier alpha value is -0.120. The molecular formula is C8H9Cl2NOS. The van der Waals surface area contributed by atoms with Gasteiger partial charge in [0, 0.05) is 0 Å². The van der Waals surface area contributed by atoms with Crippen molar-refractivity contribution in [3.05, 3.63) is 16.2 Å². The lowest BCUT2D eigenvalue weighted by Crippen LogP contribution is -1.96. The Labute approximate surface area is 91.6 Å². The summed E-state index contributed by atoms with van der Waals surface area (Å²) in [5.41, 5.74) is 0. The van der Waals surface area contributed by atoms with E-state index in [9.17, 15) is 0 Å². The predicted octanol–water partition coefficient (Wildman–Crippen LogP) is 3.51. The van der Waals surface area contributed by atoms with Crippen LogP contribution in [0.5, 0.6) is 5.88 Å². The van der Waals surface area contributed by atoms with Gasteiger partial charge in [0.1, 0.15) is 5.02 Å². The van der Waals surface area contributed by atoms with Crippen molar-refractivity contribution in [3.63, 3.8) is 0 Å². The molecule has 0 atom stereocenters. The summed E-state index contributed by atoms with van der Waals surface area (Å²) in [6.45, 7) is 2.42. The van der Waals surface area contributed by atoms with Crippen LogP contribution in [-0.2, 0) is 0 Å². The van der Waals surface area contributed by atoms with Gasteiger partial charge in [0.2, 0.25) is 5.88 Å². The molecule has 1 rings (SSSR count). The van der Waals surface area contributed by atoms with Crippen molar-refractivity contribution >= 4 is 35.0 Å². The van der Waals surface area contributed by atoms with Crippen LogP contribution >= 0.6 is 35.0 Å². The molecule has 0 radical (unpaired) electrons. The second kappa shape index (κ2) is 4.94. The lowest BCUT2D eigenvalue weighted by atomic mass is 10.5. The average Bonchev–Trinajstić information content (AvgIpc) is 2.11. The van der Waals surface area contributed by atoms with Crippen molar-refractivity contribution in [1.29, 1.82) is 0 Å². The van der Waals surface area contributed by atoms with Crippen molar-refractivity contribution in [3.8, 4) is 5.88 Å². The molecule has 1 heterocycles. The average molecular weight is 238 g/mol. The zero-order valence-corrected chi connectivity index (χ0v) is 9.63. The van der Waals surface area contributed by atoms with E-state index in [1.54, 1.807) is 6.20 Å². The molecule has 5 heteroatoms. The molecule has 0 aliphatic heterocycles. The van der Waals surface area contributed by atoms with E-state index in [1.807, 2.05) is 13.2 Å². The van der Waals surface area contributed by atoms with Crippen LogP contribution in [0.1, 0.15) is 6.92 Å². The molecule has 2 nitrogen and oxygen atoms in total. The van der Waals surface area contributed by atoms with Crippen LogP contribution in [0.25, 0.3) is 0 Å². The van der Waals surface area contributed by atoms with Gasteiger partial charge in [-0.3, -0.25) is 0 Å². The molecule has 13 heavy (non-hydrogen) atoms. The minimum atomic E-state index is 0.443. The summed E-state index contributed by atoms with van der Waals surface area (Å²) in [5.74, 6) is 0.443. The molecule has 0 fully saturated rings. The second-order valence-corrected chi connectivity index (χ2v) is 3.79. The van der Waals surface area contributed by atoms with Gasteiger partial charge in [0.05, 0.1) is 22.7 Å². The summed E-state index contributed by atoms with van der Waals surface area (Å²) in [7, 11) is 0. The molecule has 1 aromatic heterocycles. The maximum atomic E-state index is 6.00. The summed E-state index contributed by atoms with van der Waals surface area (Å²) >= 11 is 13.4. The van der Waals surface area contributed by atoms with E-state index < -0.39 is 0 Å². The zero-order valence-electron chi connectivity index (χ0n) is 7.30. The summed E-state index contributed by atoms with van der Waals surface area (Å²) in [5, 5.41) is 1.04. The van der Waals surface area contributed by atoms with Crippen molar-refractivity contribution < 1.29 is 4.74 Å². The number of thioether (sulfide) groups is 1. The van der Waals surface area contributed by atoms with Crippen molar-refractivity contribution in [1.82, 2.24) is 4.98 Å². The first-order valence-electron chi connectivity index (χ1n) is 3.71. The lowest BCUT2D eigenvalue weighted by Gasteiger charge is -2.08. The molecule has 0 unspecified atom stereocenters. The van der Waals surface area contributed by atoms with Gasteiger partial charge in [-0.15, -0.1) is 11.8 Å². The lowest BCUT2D eigenvalue weighted by molar-refractivity contribution is 0.326. The summed E-state index contributed by atoms with van der Waals surface area (Å²) in [4.78, 5) is 4.78. The number of hydrogen-bond donors (Lipinski definition) is 0. The number of ether oxygens (including phenoxy) is 1. The third-order valence-corrected chi connectivity index (χ3v) is 3.08. The molecule has 0 saturated carbocycles. The maximum absolute atomic E-state index is 6.00. The first kappa shape index (κ1) is 11.0. The van der Waals surface area contributed by atoms with Crippen LogP contribution in [0.4, 0.5) is 0 Å². The summed E-state index contributed by atoms with van der Waals surface area (Å²) in [6.07, 6.45) is 3.45. The first-order chi connectivity index (χ1) is 6.20. The van der Waals surface area contributed by atoms with E-state index in [0.29, 0.717) is 22.5 Å². The van der Waals surface area contributed by atoms with E-state index in [-0.39, 0.29) is 0 Å². The van der Waals surface area contributed by atoms with E-state index in [4.69, 9.17) is 27.9 Å². The predicted molar refractivity (Wildman–Crippen MR) is 57.2 cm³/mol. The quantitative estimate of drug-likeness (QED) is 0.752. The monoisotopic (exact) mass is 237 g/mol. The molecule has 0 N–H and O–H groups in total. The maximum Gasteiger partial charge on any atom is 0.233 e. The number of aromatic nitrogens is 1. The number of halogens is 2. The van der Waals surface area contributed by atoms with E-state index >= 15 is 0 Å². The largest absolute Gasteiger partial charge is 0.477 e. The van der Waals surface area contributed by atoms with Gasteiger partial charge in [-0.1, -0.05) is 23.2 Å². The molecule has 1 aromatic rings. The minimum absolute atomic E-state index is 0.443. The first-order valence-corrected chi connectivity index (χ1v) is 5.69. The summed E-state index contributed by atoms with van der Waals surface area (Å²) in [6, 6.07) is 0. The van der Waals surface area contributed by atoms with Gasteiger partial charge in [0.15, 0.2) is 0 Å². The normalized spacial score (nSPS) is 10.2. The Balaban J connectivity index is 3.11. The number of nitrogens with zero attached hydrogens (tertiary/aromatic N) is 1. The van der Waals surface area contributed by atoms with Gasteiger partial charge < -0.3 is 4.74 Å². The molecule has 0 aliphatic rings. The summed E-state index contributed by atoms with van der Waals surface area (Å²) < 4.78 is 5.22. The van der Waals surface area contributed by atoms with E-state index in [1.165, 1.54) is 11.8 Å². The zero-order chi connectivity index (χ0) is 9.84. The smallest absolute Gasteiger partial charge is 0.233 e. The molecule has 0 bridgehead atoms. The molecule has 0 amide bonds.